The summed E-state index contributed by atoms with van der Waals surface area (Å²) in [5, 5.41) is 8.50. The average molecular weight is 443 g/mol. The Kier molecular flexibility index (Phi) is 6.06. The lowest BCUT2D eigenvalue weighted by Gasteiger charge is -2.20. The van der Waals surface area contributed by atoms with Gasteiger partial charge in [0.1, 0.15) is 5.69 Å². The van der Waals surface area contributed by atoms with Gasteiger partial charge in [0.25, 0.3) is 11.8 Å². The van der Waals surface area contributed by atoms with Crippen molar-refractivity contribution < 1.29 is 9.59 Å². The Labute approximate surface area is 184 Å². The molecule has 0 aliphatic carbocycles. The molecule has 2 amide bonds. The fourth-order valence-corrected chi connectivity index (χ4v) is 3.63. The lowest BCUT2D eigenvalue weighted by atomic mass is 10.2. The van der Waals surface area contributed by atoms with E-state index < -0.39 is 0 Å². The van der Waals surface area contributed by atoms with Gasteiger partial charge in [-0.2, -0.15) is 5.10 Å². The molecule has 8 heteroatoms. The highest BCUT2D eigenvalue weighted by atomic mass is 35.5. The molecule has 0 radical (unpaired) electrons. The number of rotatable bonds is 5. The van der Waals surface area contributed by atoms with Gasteiger partial charge in [-0.05, 0) is 41.8 Å². The molecule has 4 rings (SSSR count). The van der Waals surface area contributed by atoms with Crippen molar-refractivity contribution in [3.05, 3.63) is 87.2 Å². The first-order valence-electron chi connectivity index (χ1n) is 9.64. The molecule has 0 bridgehead atoms. The van der Waals surface area contributed by atoms with E-state index >= 15 is 0 Å². The van der Waals surface area contributed by atoms with Crippen molar-refractivity contribution in [2.24, 2.45) is 0 Å². The van der Waals surface area contributed by atoms with Crippen LogP contribution >= 0.6 is 23.2 Å². The standard InChI is InChI=1S/C22H20Cl2N4O2/c23-17-6-2-15(3-7-17)13-25-21(29)19-12-20-22(30)27(10-1-11-28(20)26-19)14-16-4-8-18(24)9-5-16/h2-9,12H,1,10-11,13-14H2,(H,25,29). The molecule has 1 aliphatic rings. The van der Waals surface area contributed by atoms with Crippen LogP contribution in [-0.4, -0.2) is 33.0 Å². The van der Waals surface area contributed by atoms with E-state index in [1.54, 1.807) is 27.8 Å². The van der Waals surface area contributed by atoms with E-state index in [1.807, 2.05) is 36.4 Å². The van der Waals surface area contributed by atoms with Gasteiger partial charge < -0.3 is 10.2 Å². The second-order valence-electron chi connectivity index (χ2n) is 7.15. The lowest BCUT2D eigenvalue weighted by molar-refractivity contribution is 0.0745. The molecule has 2 heterocycles. The number of carbonyl (C=O) groups is 2. The summed E-state index contributed by atoms with van der Waals surface area (Å²) in [5.41, 5.74) is 2.60. The van der Waals surface area contributed by atoms with Crippen LogP contribution in [0.4, 0.5) is 0 Å². The van der Waals surface area contributed by atoms with Crippen LogP contribution in [0.2, 0.25) is 10.0 Å². The highest BCUT2D eigenvalue weighted by Gasteiger charge is 2.26. The number of amides is 2. The number of aromatic nitrogens is 2. The summed E-state index contributed by atoms with van der Waals surface area (Å²) in [6.07, 6.45) is 0.764. The van der Waals surface area contributed by atoms with Crippen LogP contribution in [0, 0.1) is 0 Å². The molecule has 0 atom stereocenters. The summed E-state index contributed by atoms with van der Waals surface area (Å²) in [6, 6.07) is 16.3. The van der Waals surface area contributed by atoms with E-state index in [1.165, 1.54) is 0 Å². The number of nitrogens with zero attached hydrogens (tertiary/aromatic N) is 3. The highest BCUT2D eigenvalue weighted by molar-refractivity contribution is 6.30. The topological polar surface area (TPSA) is 67.2 Å². The third kappa shape index (κ3) is 4.66. The third-order valence-electron chi connectivity index (χ3n) is 4.97. The monoisotopic (exact) mass is 442 g/mol. The van der Waals surface area contributed by atoms with Crippen LogP contribution < -0.4 is 5.32 Å². The van der Waals surface area contributed by atoms with Crippen LogP contribution in [0.3, 0.4) is 0 Å². The summed E-state index contributed by atoms with van der Waals surface area (Å²) in [4.78, 5) is 27.4. The maximum atomic E-state index is 13.1. The molecule has 0 fully saturated rings. The number of carbonyl (C=O) groups excluding carboxylic acids is 2. The Morgan fingerprint density at radius 3 is 2.27 bits per heavy atom. The summed E-state index contributed by atoms with van der Waals surface area (Å²) in [6.45, 7) is 2.06. The molecule has 30 heavy (non-hydrogen) atoms. The molecule has 0 saturated carbocycles. The van der Waals surface area contributed by atoms with Crippen LogP contribution in [0.15, 0.2) is 54.6 Å². The number of hydrogen-bond donors (Lipinski definition) is 1. The van der Waals surface area contributed by atoms with Crippen LogP contribution in [0.25, 0.3) is 0 Å². The van der Waals surface area contributed by atoms with E-state index in [4.69, 9.17) is 23.2 Å². The normalized spacial score (nSPS) is 13.7. The lowest BCUT2D eigenvalue weighted by Crippen LogP contribution is -2.30. The summed E-state index contributed by atoms with van der Waals surface area (Å²) in [5.74, 6) is -0.450. The zero-order valence-electron chi connectivity index (χ0n) is 16.1. The second kappa shape index (κ2) is 8.90. The predicted octanol–water partition coefficient (Wildman–Crippen LogP) is 4.17. The minimum absolute atomic E-state index is 0.133. The Morgan fingerprint density at radius 1 is 0.967 bits per heavy atom. The molecule has 1 aliphatic heterocycles. The molecule has 0 spiro atoms. The summed E-state index contributed by atoms with van der Waals surface area (Å²) >= 11 is 11.8. The van der Waals surface area contributed by atoms with Gasteiger partial charge in [0.05, 0.1) is 0 Å². The molecule has 154 valence electrons. The Balaban J connectivity index is 1.45. The molecule has 0 saturated heterocycles. The molecule has 2 aromatic carbocycles. The fraction of sp³-hybridized carbons (Fsp3) is 0.227. The zero-order valence-corrected chi connectivity index (χ0v) is 17.7. The molecule has 1 aromatic heterocycles. The van der Waals surface area contributed by atoms with Gasteiger partial charge in [0.2, 0.25) is 0 Å². The van der Waals surface area contributed by atoms with Crippen molar-refractivity contribution in [1.82, 2.24) is 20.0 Å². The highest BCUT2D eigenvalue weighted by Crippen LogP contribution is 2.18. The number of halogens is 2. The van der Waals surface area contributed by atoms with E-state index in [0.29, 0.717) is 41.9 Å². The Hall–Kier alpha value is -2.83. The molecular weight excluding hydrogens is 423 g/mol. The molecule has 1 N–H and O–H groups in total. The molecular formula is C22H20Cl2N4O2. The smallest absolute Gasteiger partial charge is 0.272 e. The Bertz CT molecular complexity index is 1060. The number of hydrogen-bond acceptors (Lipinski definition) is 3. The van der Waals surface area contributed by atoms with Gasteiger partial charge in [-0.3, -0.25) is 14.3 Å². The zero-order chi connectivity index (χ0) is 21.1. The van der Waals surface area contributed by atoms with Crippen molar-refractivity contribution in [3.63, 3.8) is 0 Å². The predicted molar refractivity (Wildman–Crippen MR) is 116 cm³/mol. The third-order valence-corrected chi connectivity index (χ3v) is 5.47. The van der Waals surface area contributed by atoms with Gasteiger partial charge in [-0.15, -0.1) is 0 Å². The van der Waals surface area contributed by atoms with Gasteiger partial charge in [-0.25, -0.2) is 0 Å². The Morgan fingerprint density at radius 2 is 1.60 bits per heavy atom. The number of fused-ring (bicyclic) bond motifs is 1. The number of nitrogens with one attached hydrogen (secondary N) is 1. The van der Waals surface area contributed by atoms with Gasteiger partial charge in [0.15, 0.2) is 5.69 Å². The summed E-state index contributed by atoms with van der Waals surface area (Å²) < 4.78 is 1.63. The fourth-order valence-electron chi connectivity index (χ4n) is 3.38. The molecule has 3 aromatic rings. The SMILES string of the molecule is O=C(NCc1ccc(Cl)cc1)c1cc2n(n1)CCCN(Cc1ccc(Cl)cc1)C2=O. The van der Waals surface area contributed by atoms with Gasteiger partial charge >= 0.3 is 0 Å². The van der Waals surface area contributed by atoms with Crippen molar-refractivity contribution in [3.8, 4) is 0 Å². The van der Waals surface area contributed by atoms with E-state index in [9.17, 15) is 9.59 Å². The van der Waals surface area contributed by atoms with Crippen LogP contribution in [0.1, 0.15) is 38.5 Å². The van der Waals surface area contributed by atoms with Crippen molar-refractivity contribution in [2.75, 3.05) is 6.54 Å². The second-order valence-corrected chi connectivity index (χ2v) is 8.03. The van der Waals surface area contributed by atoms with Crippen LogP contribution in [-0.2, 0) is 19.6 Å². The first-order valence-corrected chi connectivity index (χ1v) is 10.4. The average Bonchev–Trinajstić information content (AvgIpc) is 3.12. The maximum Gasteiger partial charge on any atom is 0.272 e. The van der Waals surface area contributed by atoms with Crippen LogP contribution in [0.5, 0.6) is 0 Å². The van der Waals surface area contributed by atoms with E-state index in [-0.39, 0.29) is 17.5 Å². The molecule has 0 unspecified atom stereocenters. The number of benzene rings is 2. The first kappa shape index (κ1) is 20.4. The van der Waals surface area contributed by atoms with Crippen molar-refractivity contribution in [2.45, 2.75) is 26.1 Å². The quantitative estimate of drug-likeness (QED) is 0.644. The largest absolute Gasteiger partial charge is 0.347 e. The summed E-state index contributed by atoms with van der Waals surface area (Å²) in [7, 11) is 0. The number of aryl methyl sites for hydroxylation is 1. The molecule has 6 nitrogen and oxygen atoms in total. The minimum atomic E-state index is -0.317. The van der Waals surface area contributed by atoms with E-state index in [2.05, 4.69) is 10.4 Å². The van der Waals surface area contributed by atoms with E-state index in [0.717, 1.165) is 17.5 Å². The van der Waals surface area contributed by atoms with Gasteiger partial charge in [-0.1, -0.05) is 47.5 Å². The van der Waals surface area contributed by atoms with Gasteiger partial charge in [0, 0.05) is 42.3 Å². The first-order chi connectivity index (χ1) is 14.5. The minimum Gasteiger partial charge on any atom is -0.347 e. The van der Waals surface area contributed by atoms with Crippen molar-refractivity contribution in [1.29, 1.82) is 0 Å². The maximum absolute atomic E-state index is 13.1. The van der Waals surface area contributed by atoms with Crippen molar-refractivity contribution >= 4 is 35.0 Å².